The number of nitrogens with zero attached hydrogens (tertiary/aromatic N) is 2. The fraction of sp³-hybridized carbons (Fsp3) is 0.458. The van der Waals surface area contributed by atoms with Gasteiger partial charge in [0.15, 0.2) is 11.5 Å². The molecule has 2 atom stereocenters. The fourth-order valence-electron chi connectivity index (χ4n) is 5.30. The summed E-state index contributed by atoms with van der Waals surface area (Å²) in [5.41, 5.74) is 5.10. The number of phenolic OH excluding ortho intramolecular Hbond substituents is 1. The number of pyridine rings is 1. The van der Waals surface area contributed by atoms with E-state index in [2.05, 4.69) is 35.9 Å². The molecule has 0 radical (unpaired) electrons. The van der Waals surface area contributed by atoms with Crippen LogP contribution in [0.15, 0.2) is 48.3 Å². The lowest BCUT2D eigenvalue weighted by atomic mass is 9.49. The molecule has 2 bridgehead atoms. The number of hydrogen-bond acceptors (Lipinski definition) is 4. The molecule has 6 rings (SSSR count). The van der Waals surface area contributed by atoms with Crippen LogP contribution in [0.4, 0.5) is 0 Å². The molecule has 0 amide bonds. The maximum absolute atomic E-state index is 10.6. The Labute approximate surface area is 166 Å². The Hall–Kier alpha value is -2.33. The van der Waals surface area contributed by atoms with E-state index in [4.69, 9.17) is 4.74 Å². The molecule has 0 spiro atoms. The van der Waals surface area contributed by atoms with Gasteiger partial charge in [-0.1, -0.05) is 31.6 Å². The van der Waals surface area contributed by atoms with Crippen molar-refractivity contribution in [2.75, 3.05) is 19.7 Å². The Morgan fingerprint density at radius 3 is 2.93 bits per heavy atom. The van der Waals surface area contributed by atoms with Gasteiger partial charge in [-0.05, 0) is 53.9 Å². The summed E-state index contributed by atoms with van der Waals surface area (Å²) >= 11 is 0. The number of benzene rings is 1. The predicted octanol–water partition coefficient (Wildman–Crippen LogP) is 4.64. The van der Waals surface area contributed by atoms with E-state index < -0.39 is 0 Å². The van der Waals surface area contributed by atoms with Gasteiger partial charge in [-0.2, -0.15) is 0 Å². The van der Waals surface area contributed by atoms with Gasteiger partial charge in [-0.25, -0.2) is 0 Å². The molecule has 1 aromatic carbocycles. The summed E-state index contributed by atoms with van der Waals surface area (Å²) in [6.07, 6.45) is 8.66. The highest BCUT2D eigenvalue weighted by atomic mass is 16.5. The largest absolute Gasteiger partial charge is 0.504 e. The number of allylic oxidation sites excluding steroid dienone is 1. The fourth-order valence-corrected chi connectivity index (χ4v) is 5.30. The molecule has 2 aromatic rings. The van der Waals surface area contributed by atoms with Crippen molar-refractivity contribution in [2.45, 2.75) is 33.2 Å². The average Bonchev–Trinajstić information content (AvgIpc) is 2.90. The van der Waals surface area contributed by atoms with Gasteiger partial charge in [0.25, 0.3) is 0 Å². The zero-order valence-corrected chi connectivity index (χ0v) is 16.7. The quantitative estimate of drug-likeness (QED) is 0.793. The monoisotopic (exact) mass is 376 g/mol. The molecule has 146 valence electrons. The molecule has 1 N–H and O–H groups in total. The summed E-state index contributed by atoms with van der Waals surface area (Å²) in [7, 11) is 0. The van der Waals surface area contributed by atoms with E-state index in [1.165, 1.54) is 12.8 Å². The minimum absolute atomic E-state index is 0.220. The maximum atomic E-state index is 10.6. The van der Waals surface area contributed by atoms with Gasteiger partial charge in [0.1, 0.15) is 6.61 Å². The lowest BCUT2D eigenvalue weighted by Gasteiger charge is -2.57. The summed E-state index contributed by atoms with van der Waals surface area (Å²) in [6, 6.07) is 7.87. The Bertz CT molecular complexity index is 920. The van der Waals surface area contributed by atoms with Crippen molar-refractivity contribution in [1.82, 2.24) is 9.88 Å². The van der Waals surface area contributed by atoms with Gasteiger partial charge in [0.2, 0.25) is 0 Å². The van der Waals surface area contributed by atoms with Gasteiger partial charge in [0, 0.05) is 43.2 Å². The Balaban J connectivity index is 1.41. The molecule has 4 heteroatoms. The average molecular weight is 377 g/mol. The molecular formula is C24H28N2O2. The van der Waals surface area contributed by atoms with Crippen LogP contribution in [0.2, 0.25) is 0 Å². The van der Waals surface area contributed by atoms with Crippen LogP contribution in [0, 0.1) is 17.3 Å². The highest BCUT2D eigenvalue weighted by Gasteiger charge is 2.51. The molecule has 1 fully saturated rings. The van der Waals surface area contributed by atoms with E-state index in [0.29, 0.717) is 17.8 Å². The van der Waals surface area contributed by atoms with E-state index in [1.807, 2.05) is 18.3 Å². The van der Waals surface area contributed by atoms with E-state index in [9.17, 15) is 5.11 Å². The second-order valence-corrected chi connectivity index (χ2v) is 9.11. The molecule has 2 heterocycles. The standard InChI is InChI=1S/C24H28N2O2/c1-24(2)20-6-5-17(21(24)12-20)14-26-8-9-28-23-19(15-26)10-18(11-22(23)27)16-4-3-7-25-13-16/h3-5,7,10-11,13,20-21,27H,6,8-9,12,14-15H2,1-2H3/t20-,21-/m0/s1. The van der Waals surface area contributed by atoms with E-state index in [-0.39, 0.29) is 5.75 Å². The Kier molecular flexibility index (Phi) is 4.20. The van der Waals surface area contributed by atoms with Crippen LogP contribution in [-0.4, -0.2) is 34.7 Å². The van der Waals surface area contributed by atoms with Crippen molar-refractivity contribution in [3.05, 3.63) is 53.9 Å². The van der Waals surface area contributed by atoms with Gasteiger partial charge in [-0.15, -0.1) is 0 Å². The summed E-state index contributed by atoms with van der Waals surface area (Å²) < 4.78 is 5.94. The van der Waals surface area contributed by atoms with E-state index >= 15 is 0 Å². The van der Waals surface area contributed by atoms with Gasteiger partial charge in [0.05, 0.1) is 0 Å². The number of aromatic hydroxyl groups is 1. The Morgan fingerprint density at radius 2 is 2.18 bits per heavy atom. The molecule has 0 saturated heterocycles. The maximum Gasteiger partial charge on any atom is 0.165 e. The number of hydrogen-bond donors (Lipinski definition) is 1. The molecule has 0 unspecified atom stereocenters. The number of fused-ring (bicyclic) bond motifs is 2. The lowest BCUT2D eigenvalue weighted by molar-refractivity contribution is -0.0109. The zero-order valence-electron chi connectivity index (χ0n) is 16.7. The van der Waals surface area contributed by atoms with Gasteiger partial charge < -0.3 is 9.84 Å². The molecule has 1 aliphatic heterocycles. The third-order valence-corrected chi connectivity index (χ3v) is 7.18. The molecule has 3 aliphatic carbocycles. The van der Waals surface area contributed by atoms with Crippen LogP contribution in [0.5, 0.6) is 11.5 Å². The van der Waals surface area contributed by atoms with Gasteiger partial charge in [-0.3, -0.25) is 9.88 Å². The van der Waals surface area contributed by atoms with Crippen molar-refractivity contribution < 1.29 is 9.84 Å². The molecule has 1 saturated carbocycles. The minimum Gasteiger partial charge on any atom is -0.504 e. The second kappa shape index (κ2) is 6.63. The first-order chi connectivity index (χ1) is 13.5. The van der Waals surface area contributed by atoms with E-state index in [1.54, 1.807) is 17.8 Å². The summed E-state index contributed by atoms with van der Waals surface area (Å²) in [6.45, 7) is 8.14. The SMILES string of the molecule is CC1(C)[C@H]2CC=C(CN3CCOc4c(O)cc(-c5cccnc5)cc4C3)[C@@H]1C2. The van der Waals surface area contributed by atoms with Crippen LogP contribution in [-0.2, 0) is 6.54 Å². The normalized spacial score (nSPS) is 25.7. The molecular weight excluding hydrogens is 348 g/mol. The highest BCUT2D eigenvalue weighted by molar-refractivity contribution is 5.68. The summed E-state index contributed by atoms with van der Waals surface area (Å²) in [4.78, 5) is 6.68. The van der Waals surface area contributed by atoms with Crippen molar-refractivity contribution in [1.29, 1.82) is 0 Å². The van der Waals surface area contributed by atoms with Crippen molar-refractivity contribution in [3.63, 3.8) is 0 Å². The third-order valence-electron chi connectivity index (χ3n) is 7.18. The molecule has 4 nitrogen and oxygen atoms in total. The topological polar surface area (TPSA) is 45.6 Å². The van der Waals surface area contributed by atoms with Crippen LogP contribution >= 0.6 is 0 Å². The number of rotatable bonds is 3. The van der Waals surface area contributed by atoms with Gasteiger partial charge >= 0.3 is 0 Å². The van der Waals surface area contributed by atoms with Crippen molar-refractivity contribution in [3.8, 4) is 22.6 Å². The Morgan fingerprint density at radius 1 is 1.29 bits per heavy atom. The summed E-state index contributed by atoms with van der Waals surface area (Å²) in [5, 5.41) is 10.6. The number of phenols is 1. The van der Waals surface area contributed by atoms with Crippen LogP contribution < -0.4 is 4.74 Å². The van der Waals surface area contributed by atoms with Crippen molar-refractivity contribution >= 4 is 0 Å². The highest BCUT2D eigenvalue weighted by Crippen LogP contribution is 2.59. The molecule has 28 heavy (non-hydrogen) atoms. The smallest absolute Gasteiger partial charge is 0.165 e. The molecule has 1 aromatic heterocycles. The predicted molar refractivity (Wildman–Crippen MR) is 110 cm³/mol. The first-order valence-corrected chi connectivity index (χ1v) is 10.3. The number of ether oxygens (including phenoxy) is 1. The van der Waals surface area contributed by atoms with E-state index in [0.717, 1.165) is 48.2 Å². The van der Waals surface area contributed by atoms with Crippen molar-refractivity contribution in [2.24, 2.45) is 17.3 Å². The van der Waals surface area contributed by atoms with Crippen LogP contribution in [0.3, 0.4) is 0 Å². The van der Waals surface area contributed by atoms with Crippen LogP contribution in [0.25, 0.3) is 11.1 Å². The second-order valence-electron chi connectivity index (χ2n) is 9.11. The lowest BCUT2D eigenvalue weighted by Crippen LogP contribution is -2.49. The third kappa shape index (κ3) is 2.91. The minimum atomic E-state index is 0.220. The number of aromatic nitrogens is 1. The first-order valence-electron chi connectivity index (χ1n) is 10.3. The first kappa shape index (κ1) is 17.7. The zero-order chi connectivity index (χ0) is 19.3. The van der Waals surface area contributed by atoms with Crippen LogP contribution in [0.1, 0.15) is 32.3 Å². The molecule has 4 aliphatic rings. The summed E-state index contributed by atoms with van der Waals surface area (Å²) in [5.74, 6) is 2.45.